The third-order valence-electron chi connectivity index (χ3n) is 10.1. The largest absolute Gasteiger partial charge is 0.300 e. The molecule has 0 radical (unpaired) electrons. The molecular weight excluding hydrogens is 320 g/mol. The van der Waals surface area contributed by atoms with Crippen LogP contribution in [-0.2, 0) is 9.59 Å². The van der Waals surface area contributed by atoms with Gasteiger partial charge in [-0.1, -0.05) is 13.8 Å². The lowest BCUT2D eigenvalue weighted by Gasteiger charge is -2.61. The van der Waals surface area contributed by atoms with Crippen LogP contribution in [0.15, 0.2) is 17.9 Å². The van der Waals surface area contributed by atoms with E-state index in [9.17, 15) is 9.59 Å². The molecule has 5 rings (SSSR count). The predicted molar refractivity (Wildman–Crippen MR) is 101 cm³/mol. The van der Waals surface area contributed by atoms with E-state index >= 15 is 0 Å². The minimum atomic E-state index is -0.289. The molecule has 140 valence electrons. The maximum absolute atomic E-state index is 12.9. The zero-order valence-corrected chi connectivity index (χ0v) is 16.5. The van der Waals surface area contributed by atoms with Crippen LogP contribution in [0.25, 0.3) is 0 Å². The van der Waals surface area contributed by atoms with Gasteiger partial charge in [-0.05, 0) is 92.1 Å². The van der Waals surface area contributed by atoms with Gasteiger partial charge in [0.1, 0.15) is 11.6 Å². The van der Waals surface area contributed by atoms with Crippen molar-refractivity contribution < 1.29 is 9.59 Å². The second kappa shape index (κ2) is 5.22. The maximum atomic E-state index is 12.9. The van der Waals surface area contributed by atoms with Crippen molar-refractivity contribution in [3.05, 3.63) is 17.9 Å². The number of allylic oxidation sites excluding steroid dienone is 1. The Kier molecular flexibility index (Phi) is 3.41. The van der Waals surface area contributed by atoms with Crippen LogP contribution < -0.4 is 0 Å². The van der Waals surface area contributed by atoms with Crippen molar-refractivity contribution in [2.75, 3.05) is 0 Å². The van der Waals surface area contributed by atoms with Crippen LogP contribution in [0.4, 0.5) is 0 Å². The van der Waals surface area contributed by atoms with Gasteiger partial charge in [0.2, 0.25) is 0 Å². The molecule has 0 N–H and O–H groups in total. The van der Waals surface area contributed by atoms with Gasteiger partial charge in [0, 0.05) is 18.8 Å². The molecule has 5 aliphatic rings. The van der Waals surface area contributed by atoms with Gasteiger partial charge < -0.3 is 0 Å². The van der Waals surface area contributed by atoms with Gasteiger partial charge >= 0.3 is 0 Å². The van der Waals surface area contributed by atoms with Gasteiger partial charge in [0.25, 0.3) is 0 Å². The Morgan fingerprint density at radius 1 is 1.15 bits per heavy atom. The van der Waals surface area contributed by atoms with Gasteiger partial charge in [0.05, 0.1) is 5.41 Å². The van der Waals surface area contributed by atoms with Crippen molar-refractivity contribution >= 4 is 11.6 Å². The Balaban J connectivity index is 1.52. The molecule has 4 saturated carbocycles. The first-order valence-electron chi connectivity index (χ1n) is 10.8. The topological polar surface area (TPSA) is 34.1 Å². The zero-order chi connectivity index (χ0) is 18.3. The molecule has 1 unspecified atom stereocenters. The third kappa shape index (κ3) is 1.80. The van der Waals surface area contributed by atoms with E-state index < -0.39 is 0 Å². The molecular formula is C24H32O2. The van der Waals surface area contributed by atoms with Crippen LogP contribution in [0.3, 0.4) is 0 Å². The minimum absolute atomic E-state index is 0.0956. The fraction of sp³-hybridized carbons (Fsp3) is 0.792. The first kappa shape index (κ1) is 17.0. The van der Waals surface area contributed by atoms with Crippen LogP contribution >= 0.6 is 0 Å². The second-order valence-electron chi connectivity index (χ2n) is 10.6. The number of Topliss-reactive ketones (excluding diaryl/α,β-unsaturated/α-hetero) is 2. The second-order valence-corrected chi connectivity index (χ2v) is 10.6. The number of rotatable bonds is 1. The molecule has 0 amide bonds. The normalized spacial score (nSPS) is 54.4. The average molecular weight is 353 g/mol. The Bertz CT molecular complexity index is 739. The Hall–Kier alpha value is -1.14. The molecule has 26 heavy (non-hydrogen) atoms. The summed E-state index contributed by atoms with van der Waals surface area (Å²) in [6.45, 7) is 6.74. The number of carbonyl (C=O) groups excluding carboxylic acids is 2. The van der Waals surface area contributed by atoms with Crippen LogP contribution in [0.5, 0.6) is 0 Å². The monoisotopic (exact) mass is 352 g/mol. The van der Waals surface area contributed by atoms with Crippen molar-refractivity contribution in [3.63, 3.8) is 0 Å². The lowest BCUT2D eigenvalue weighted by molar-refractivity contribution is -0.148. The average Bonchev–Trinajstić information content (AvgIpc) is 3.12. The molecule has 0 aromatic heterocycles. The predicted octanol–water partition coefficient (Wildman–Crippen LogP) is 5.12. The Labute approximate surface area is 157 Å². The van der Waals surface area contributed by atoms with E-state index in [0.29, 0.717) is 34.7 Å². The fourth-order valence-electron chi connectivity index (χ4n) is 8.73. The molecule has 2 nitrogen and oxygen atoms in total. The zero-order valence-electron chi connectivity index (χ0n) is 16.5. The van der Waals surface area contributed by atoms with Gasteiger partial charge in [-0.2, -0.15) is 0 Å². The smallest absolute Gasteiger partial charge is 0.141 e. The van der Waals surface area contributed by atoms with Crippen LogP contribution in [-0.4, -0.2) is 11.6 Å². The quantitative estimate of drug-likeness (QED) is 0.614. The molecule has 0 spiro atoms. The van der Waals surface area contributed by atoms with E-state index in [2.05, 4.69) is 31.7 Å². The van der Waals surface area contributed by atoms with Gasteiger partial charge in [-0.15, -0.1) is 5.73 Å². The van der Waals surface area contributed by atoms with Crippen molar-refractivity contribution in [1.82, 2.24) is 0 Å². The first-order valence-corrected chi connectivity index (χ1v) is 10.8. The summed E-state index contributed by atoms with van der Waals surface area (Å²) >= 11 is 0. The molecule has 4 fully saturated rings. The molecule has 0 saturated heterocycles. The van der Waals surface area contributed by atoms with Crippen LogP contribution in [0.2, 0.25) is 0 Å². The summed E-state index contributed by atoms with van der Waals surface area (Å²) in [5.74, 6) is 3.97. The third-order valence-corrected chi connectivity index (χ3v) is 10.1. The van der Waals surface area contributed by atoms with E-state index in [0.717, 1.165) is 37.5 Å². The van der Waals surface area contributed by atoms with E-state index in [1.54, 1.807) is 0 Å². The molecule has 0 aromatic rings. The maximum Gasteiger partial charge on any atom is 0.141 e. The highest BCUT2D eigenvalue weighted by Crippen LogP contribution is 2.73. The highest BCUT2D eigenvalue weighted by molar-refractivity contribution is 5.87. The molecule has 0 bridgehead atoms. The first-order chi connectivity index (χ1) is 12.3. The number of carbonyl (C=O) groups is 2. The molecule has 5 aliphatic carbocycles. The molecule has 0 heterocycles. The van der Waals surface area contributed by atoms with E-state index in [1.165, 1.54) is 25.7 Å². The number of hydrogen-bond acceptors (Lipinski definition) is 2. The van der Waals surface area contributed by atoms with Crippen molar-refractivity contribution in [3.8, 4) is 0 Å². The summed E-state index contributed by atoms with van der Waals surface area (Å²) in [4.78, 5) is 24.9. The summed E-state index contributed by atoms with van der Waals surface area (Å²) < 4.78 is 0. The Morgan fingerprint density at radius 2 is 1.96 bits per heavy atom. The molecule has 8 atom stereocenters. The van der Waals surface area contributed by atoms with Gasteiger partial charge in [0.15, 0.2) is 0 Å². The summed E-state index contributed by atoms with van der Waals surface area (Å²) in [7, 11) is 0. The van der Waals surface area contributed by atoms with E-state index in [4.69, 9.17) is 0 Å². The highest BCUT2D eigenvalue weighted by Gasteiger charge is 2.69. The van der Waals surface area contributed by atoms with Crippen LogP contribution in [0.1, 0.15) is 72.1 Å². The van der Waals surface area contributed by atoms with Gasteiger partial charge in [-0.25, -0.2) is 0 Å². The number of hydrogen-bond donors (Lipinski definition) is 0. The fourth-order valence-corrected chi connectivity index (χ4v) is 8.73. The lowest BCUT2D eigenvalue weighted by Crippen LogP contribution is -2.55. The minimum Gasteiger partial charge on any atom is -0.300 e. The van der Waals surface area contributed by atoms with Crippen molar-refractivity contribution in [1.29, 1.82) is 0 Å². The summed E-state index contributed by atoms with van der Waals surface area (Å²) in [5.41, 5.74) is 3.48. The molecule has 0 aromatic carbocycles. The highest BCUT2D eigenvalue weighted by atomic mass is 16.1. The van der Waals surface area contributed by atoms with Gasteiger partial charge in [-0.3, -0.25) is 9.59 Å². The Morgan fingerprint density at radius 3 is 2.73 bits per heavy atom. The van der Waals surface area contributed by atoms with Crippen LogP contribution in [0, 0.1) is 45.8 Å². The van der Waals surface area contributed by atoms with Crippen molar-refractivity contribution in [2.45, 2.75) is 72.1 Å². The number of fused-ring (bicyclic) bond motifs is 7. The van der Waals surface area contributed by atoms with E-state index in [1.807, 2.05) is 6.92 Å². The van der Waals surface area contributed by atoms with Crippen molar-refractivity contribution in [2.24, 2.45) is 45.8 Å². The molecule has 2 heteroatoms. The lowest BCUT2D eigenvalue weighted by atomic mass is 9.43. The summed E-state index contributed by atoms with van der Waals surface area (Å²) in [5, 5.41) is 0. The van der Waals surface area contributed by atoms with E-state index in [-0.39, 0.29) is 10.8 Å². The summed E-state index contributed by atoms with van der Waals surface area (Å²) in [6, 6.07) is 0. The SMILES string of the molecule is CC(=O)[C@@]12C=C=C[C@@H]1C[C@H]1C3CC[C@H]4CC(=O)CC[C@]4(C)[C@H]3CC[C@@]12C. The summed E-state index contributed by atoms with van der Waals surface area (Å²) in [6.07, 6.45) is 13.1. The number of ketones is 2. The standard InChI is InChI=1S/C24H32O2/c1-15(25)24-10-4-5-17(24)14-21-19-7-6-16-13-18(26)8-11-22(16,2)20(19)9-12-23(21,24)3/h5,10,16-17,19-21H,6-9,11-14H2,1-3H3/t16-,17+,19?,20-,21-,22-,23-,24-/m0/s1. The molecule has 0 aliphatic heterocycles.